The van der Waals surface area contributed by atoms with Crippen molar-refractivity contribution in [3.8, 4) is 0 Å². The van der Waals surface area contributed by atoms with Crippen LogP contribution in [0.5, 0.6) is 0 Å². The number of halogens is 2. The van der Waals surface area contributed by atoms with Gasteiger partial charge in [0.2, 0.25) is 6.20 Å². The van der Waals surface area contributed by atoms with Crippen LogP contribution in [0.3, 0.4) is 0 Å². The van der Waals surface area contributed by atoms with E-state index in [0.29, 0.717) is 10.6 Å². The minimum Gasteiger partial charge on any atom is -0.259 e. The molecule has 1 rings (SSSR count). The van der Waals surface area contributed by atoms with Gasteiger partial charge in [-0.3, -0.25) is 10.1 Å². The molecule has 1 aromatic carbocycles. The molecule has 13 heavy (non-hydrogen) atoms. The SMILES string of the molecule is O=[N+]([O-])C=Cc1c(Cl)cccc1Br. The Morgan fingerprint density at radius 1 is 1.54 bits per heavy atom. The van der Waals surface area contributed by atoms with Gasteiger partial charge in [-0.25, -0.2) is 0 Å². The molecule has 0 saturated carbocycles. The lowest BCUT2D eigenvalue weighted by Crippen LogP contribution is -1.84. The van der Waals surface area contributed by atoms with Gasteiger partial charge in [-0.05, 0) is 12.1 Å². The third kappa shape index (κ3) is 2.82. The van der Waals surface area contributed by atoms with Gasteiger partial charge in [0.05, 0.1) is 4.92 Å². The molecule has 1 aromatic rings. The maximum atomic E-state index is 10.1. The molecule has 5 heteroatoms. The third-order valence-electron chi connectivity index (χ3n) is 1.36. The maximum absolute atomic E-state index is 10.1. The van der Waals surface area contributed by atoms with Crippen molar-refractivity contribution in [3.05, 3.63) is 49.6 Å². The highest BCUT2D eigenvalue weighted by molar-refractivity contribution is 9.10. The average Bonchev–Trinajstić information content (AvgIpc) is 2.03. The van der Waals surface area contributed by atoms with Crippen LogP contribution in [0.2, 0.25) is 5.02 Å². The Kier molecular flexibility index (Phi) is 3.45. The van der Waals surface area contributed by atoms with Crippen LogP contribution >= 0.6 is 27.5 Å². The van der Waals surface area contributed by atoms with Crippen molar-refractivity contribution in [2.45, 2.75) is 0 Å². The average molecular weight is 262 g/mol. The topological polar surface area (TPSA) is 43.1 Å². The monoisotopic (exact) mass is 261 g/mol. The van der Waals surface area contributed by atoms with Crippen LogP contribution < -0.4 is 0 Å². The summed E-state index contributed by atoms with van der Waals surface area (Å²) in [7, 11) is 0. The van der Waals surface area contributed by atoms with Crippen LogP contribution in [0, 0.1) is 10.1 Å². The smallest absolute Gasteiger partial charge is 0.235 e. The summed E-state index contributed by atoms with van der Waals surface area (Å²) < 4.78 is 0.734. The molecule has 0 fully saturated rings. The predicted octanol–water partition coefficient (Wildman–Crippen LogP) is 3.35. The fourth-order valence-electron chi connectivity index (χ4n) is 0.805. The number of rotatable bonds is 2. The largest absolute Gasteiger partial charge is 0.259 e. The Morgan fingerprint density at radius 2 is 2.23 bits per heavy atom. The molecule has 0 spiro atoms. The van der Waals surface area contributed by atoms with Gasteiger partial charge >= 0.3 is 0 Å². The highest BCUT2D eigenvalue weighted by Gasteiger charge is 2.01. The van der Waals surface area contributed by atoms with Gasteiger partial charge < -0.3 is 0 Å². The highest BCUT2D eigenvalue weighted by atomic mass is 79.9. The van der Waals surface area contributed by atoms with E-state index in [1.807, 2.05) is 0 Å². The summed E-state index contributed by atoms with van der Waals surface area (Å²) >= 11 is 9.05. The molecule has 0 unspecified atom stereocenters. The van der Waals surface area contributed by atoms with E-state index in [9.17, 15) is 10.1 Å². The van der Waals surface area contributed by atoms with E-state index in [0.717, 1.165) is 10.7 Å². The molecule has 0 radical (unpaired) electrons. The van der Waals surface area contributed by atoms with Crippen LogP contribution in [0.25, 0.3) is 6.08 Å². The number of hydrogen-bond acceptors (Lipinski definition) is 2. The third-order valence-corrected chi connectivity index (χ3v) is 2.38. The zero-order chi connectivity index (χ0) is 9.84. The zero-order valence-electron chi connectivity index (χ0n) is 6.41. The molecule has 0 aromatic heterocycles. The summed E-state index contributed by atoms with van der Waals surface area (Å²) in [5, 5.41) is 10.5. The van der Waals surface area contributed by atoms with Crippen molar-refractivity contribution in [1.82, 2.24) is 0 Å². The van der Waals surface area contributed by atoms with Crippen LogP contribution in [-0.2, 0) is 0 Å². The van der Waals surface area contributed by atoms with Crippen LogP contribution in [-0.4, -0.2) is 4.92 Å². The van der Waals surface area contributed by atoms with E-state index >= 15 is 0 Å². The van der Waals surface area contributed by atoms with E-state index in [1.54, 1.807) is 18.2 Å². The van der Waals surface area contributed by atoms with E-state index in [2.05, 4.69) is 15.9 Å². The van der Waals surface area contributed by atoms with Crippen molar-refractivity contribution < 1.29 is 4.92 Å². The predicted molar refractivity (Wildman–Crippen MR) is 55.2 cm³/mol. The molecule has 0 N–H and O–H groups in total. The van der Waals surface area contributed by atoms with E-state index in [1.165, 1.54) is 6.08 Å². The Balaban J connectivity index is 3.06. The van der Waals surface area contributed by atoms with Crippen molar-refractivity contribution in [2.24, 2.45) is 0 Å². The summed E-state index contributed by atoms with van der Waals surface area (Å²) in [6.45, 7) is 0. The lowest BCUT2D eigenvalue weighted by atomic mass is 10.2. The molecule has 68 valence electrons. The van der Waals surface area contributed by atoms with Gasteiger partial charge in [0, 0.05) is 21.1 Å². The molecule has 0 saturated heterocycles. The molecule has 0 heterocycles. The fourth-order valence-corrected chi connectivity index (χ4v) is 1.66. The molecule has 0 aliphatic heterocycles. The van der Waals surface area contributed by atoms with Crippen LogP contribution in [0.15, 0.2) is 28.9 Å². The van der Waals surface area contributed by atoms with Gasteiger partial charge in [0.15, 0.2) is 0 Å². The fraction of sp³-hybridized carbons (Fsp3) is 0. The van der Waals surface area contributed by atoms with Crippen LogP contribution in [0.1, 0.15) is 5.56 Å². The minimum absolute atomic E-state index is 0.479. The summed E-state index contributed by atoms with van der Waals surface area (Å²) in [6.07, 6.45) is 2.21. The summed E-state index contributed by atoms with van der Waals surface area (Å²) in [4.78, 5) is 9.52. The standard InChI is InChI=1S/C8H5BrClNO2/c9-7-2-1-3-8(10)6(7)4-5-11(12)13/h1-5H. The second-order valence-corrected chi connectivity index (χ2v) is 3.50. The first kappa shape index (κ1) is 10.2. The first-order valence-electron chi connectivity index (χ1n) is 3.37. The molecule has 0 amide bonds. The molecule has 0 aliphatic carbocycles. The van der Waals surface area contributed by atoms with Crippen molar-refractivity contribution in [1.29, 1.82) is 0 Å². The van der Waals surface area contributed by atoms with Gasteiger partial charge in [-0.1, -0.05) is 33.6 Å². The van der Waals surface area contributed by atoms with E-state index in [-0.39, 0.29) is 0 Å². The molecular formula is C8H5BrClNO2. The quantitative estimate of drug-likeness (QED) is 0.606. The Bertz CT molecular complexity index is 345. The molecule has 0 bridgehead atoms. The van der Waals surface area contributed by atoms with Crippen molar-refractivity contribution in [2.75, 3.05) is 0 Å². The lowest BCUT2D eigenvalue weighted by Gasteiger charge is -1.98. The molecular weight excluding hydrogens is 257 g/mol. The number of nitrogens with zero attached hydrogens (tertiary/aromatic N) is 1. The Hall–Kier alpha value is -0.870. The first-order valence-corrected chi connectivity index (χ1v) is 4.54. The number of hydrogen-bond donors (Lipinski definition) is 0. The Morgan fingerprint density at radius 3 is 2.77 bits per heavy atom. The first-order chi connectivity index (χ1) is 6.11. The Labute approximate surface area is 88.3 Å². The lowest BCUT2D eigenvalue weighted by molar-refractivity contribution is -0.400. The van der Waals surface area contributed by atoms with Crippen molar-refractivity contribution in [3.63, 3.8) is 0 Å². The zero-order valence-corrected chi connectivity index (χ0v) is 8.75. The molecule has 0 atom stereocenters. The van der Waals surface area contributed by atoms with Gasteiger partial charge in [0.25, 0.3) is 0 Å². The number of nitro groups is 1. The second-order valence-electron chi connectivity index (χ2n) is 2.24. The van der Waals surface area contributed by atoms with E-state index < -0.39 is 4.92 Å². The van der Waals surface area contributed by atoms with E-state index in [4.69, 9.17) is 11.6 Å². The van der Waals surface area contributed by atoms with Crippen molar-refractivity contribution >= 4 is 33.6 Å². The van der Waals surface area contributed by atoms with Gasteiger partial charge in [-0.15, -0.1) is 0 Å². The van der Waals surface area contributed by atoms with Gasteiger partial charge in [-0.2, -0.15) is 0 Å². The summed E-state index contributed by atoms with van der Waals surface area (Å²) in [6, 6.07) is 5.20. The summed E-state index contributed by atoms with van der Waals surface area (Å²) in [5.74, 6) is 0. The normalized spacial score (nSPS) is 10.6. The van der Waals surface area contributed by atoms with Gasteiger partial charge in [0.1, 0.15) is 0 Å². The molecule has 3 nitrogen and oxygen atoms in total. The second kappa shape index (κ2) is 4.39. The maximum Gasteiger partial charge on any atom is 0.235 e. The minimum atomic E-state index is -0.532. The highest BCUT2D eigenvalue weighted by Crippen LogP contribution is 2.25. The molecule has 0 aliphatic rings. The number of benzene rings is 1. The summed E-state index contributed by atoms with van der Waals surface area (Å²) in [5.41, 5.74) is 0.612. The van der Waals surface area contributed by atoms with Crippen LogP contribution in [0.4, 0.5) is 0 Å².